The molecule has 2 N–H and O–H groups in total. The molecule has 0 bridgehead atoms. The highest BCUT2D eigenvalue weighted by Gasteiger charge is 2.19. The zero-order valence-corrected chi connectivity index (χ0v) is 12.6. The van der Waals surface area contributed by atoms with E-state index in [9.17, 15) is 0 Å². The number of nitrogens with two attached hydrogens (primary N) is 1. The fraction of sp³-hybridized carbons (Fsp3) is 0.588. The zero-order valence-electron chi connectivity index (χ0n) is 12.6. The summed E-state index contributed by atoms with van der Waals surface area (Å²) in [5.41, 5.74) is 8.83. The first-order chi connectivity index (χ1) is 9.61. The molecule has 1 aliphatic heterocycles. The van der Waals surface area contributed by atoms with Crippen LogP contribution in [0.25, 0.3) is 0 Å². The average Bonchev–Trinajstić information content (AvgIpc) is 2.67. The molecule has 1 fully saturated rings. The molecule has 1 heterocycles. The highest BCUT2D eigenvalue weighted by molar-refractivity contribution is 5.59. The van der Waals surface area contributed by atoms with Crippen molar-refractivity contribution in [3.05, 3.63) is 23.8 Å². The summed E-state index contributed by atoms with van der Waals surface area (Å²) in [5, 5.41) is 8.87. The number of benzene rings is 1. The van der Waals surface area contributed by atoms with Gasteiger partial charge in [-0.05, 0) is 54.9 Å². The summed E-state index contributed by atoms with van der Waals surface area (Å²) in [6.07, 6.45) is 4.23. The van der Waals surface area contributed by atoms with Gasteiger partial charge in [0.2, 0.25) is 0 Å². The van der Waals surface area contributed by atoms with Gasteiger partial charge in [0.25, 0.3) is 0 Å². The molecule has 0 spiro atoms. The molecule has 1 unspecified atom stereocenters. The average molecular weight is 271 g/mol. The smallest absolute Gasteiger partial charge is 0.0670 e. The fourth-order valence-electron chi connectivity index (χ4n) is 3.07. The van der Waals surface area contributed by atoms with Crippen LogP contribution in [0, 0.1) is 23.2 Å². The number of nitrogens with zero attached hydrogens (tertiary/aromatic N) is 2. The van der Waals surface area contributed by atoms with Gasteiger partial charge < -0.3 is 10.6 Å². The van der Waals surface area contributed by atoms with Crippen LogP contribution in [0.1, 0.15) is 38.7 Å². The molecule has 1 atom stereocenters. The van der Waals surface area contributed by atoms with Crippen molar-refractivity contribution < 1.29 is 0 Å². The van der Waals surface area contributed by atoms with E-state index in [0.717, 1.165) is 36.2 Å². The van der Waals surface area contributed by atoms with E-state index in [4.69, 9.17) is 11.0 Å². The minimum atomic E-state index is 0.391. The van der Waals surface area contributed by atoms with Gasteiger partial charge in [0.05, 0.1) is 12.5 Å². The SMILES string of the molecule is CC(C)C1CCCN(c2ccc(N)c(CC#N)c2)CC1. The summed E-state index contributed by atoms with van der Waals surface area (Å²) in [6.45, 7) is 6.88. The second-order valence-electron chi connectivity index (χ2n) is 6.14. The van der Waals surface area contributed by atoms with Crippen LogP contribution in [0.2, 0.25) is 0 Å². The van der Waals surface area contributed by atoms with Crippen molar-refractivity contribution in [3.63, 3.8) is 0 Å². The van der Waals surface area contributed by atoms with Crippen molar-refractivity contribution in [2.75, 3.05) is 23.7 Å². The lowest BCUT2D eigenvalue weighted by Gasteiger charge is -2.24. The van der Waals surface area contributed by atoms with Gasteiger partial charge in [0.1, 0.15) is 0 Å². The predicted molar refractivity (Wildman–Crippen MR) is 84.6 cm³/mol. The van der Waals surface area contributed by atoms with Gasteiger partial charge in [-0.3, -0.25) is 0 Å². The Labute approximate surface area is 122 Å². The van der Waals surface area contributed by atoms with Gasteiger partial charge in [-0.15, -0.1) is 0 Å². The lowest BCUT2D eigenvalue weighted by Crippen LogP contribution is -2.24. The highest BCUT2D eigenvalue weighted by Crippen LogP contribution is 2.28. The van der Waals surface area contributed by atoms with Crippen LogP contribution in [0.3, 0.4) is 0 Å². The molecule has 108 valence electrons. The van der Waals surface area contributed by atoms with Gasteiger partial charge in [0.15, 0.2) is 0 Å². The van der Waals surface area contributed by atoms with Crippen LogP contribution < -0.4 is 10.6 Å². The number of anilines is 2. The van der Waals surface area contributed by atoms with Crippen molar-refractivity contribution in [2.45, 2.75) is 39.5 Å². The minimum Gasteiger partial charge on any atom is -0.398 e. The quantitative estimate of drug-likeness (QED) is 0.855. The van der Waals surface area contributed by atoms with Gasteiger partial charge in [-0.25, -0.2) is 0 Å². The van der Waals surface area contributed by atoms with Gasteiger partial charge in [-0.2, -0.15) is 5.26 Å². The third-order valence-electron chi connectivity index (χ3n) is 4.48. The molecule has 3 nitrogen and oxygen atoms in total. The maximum Gasteiger partial charge on any atom is 0.0670 e. The first-order valence-corrected chi connectivity index (χ1v) is 7.62. The van der Waals surface area contributed by atoms with E-state index >= 15 is 0 Å². The summed E-state index contributed by atoms with van der Waals surface area (Å²) in [6, 6.07) is 8.31. The Morgan fingerprint density at radius 2 is 2.15 bits per heavy atom. The lowest BCUT2D eigenvalue weighted by atomic mass is 9.89. The largest absolute Gasteiger partial charge is 0.398 e. The van der Waals surface area contributed by atoms with E-state index in [1.54, 1.807) is 0 Å². The molecule has 0 amide bonds. The second kappa shape index (κ2) is 6.65. The maximum atomic E-state index is 8.87. The fourth-order valence-corrected chi connectivity index (χ4v) is 3.07. The van der Waals surface area contributed by atoms with E-state index in [0.29, 0.717) is 6.42 Å². The Kier molecular flexibility index (Phi) is 4.89. The summed E-state index contributed by atoms with van der Waals surface area (Å²) in [4.78, 5) is 2.45. The lowest BCUT2D eigenvalue weighted by molar-refractivity contribution is 0.351. The van der Waals surface area contributed by atoms with Crippen molar-refractivity contribution in [1.29, 1.82) is 5.26 Å². The molecular weight excluding hydrogens is 246 g/mol. The molecule has 1 saturated heterocycles. The normalized spacial score (nSPS) is 19.7. The molecule has 0 aliphatic carbocycles. The van der Waals surface area contributed by atoms with Crippen LogP contribution in [-0.4, -0.2) is 13.1 Å². The maximum absolute atomic E-state index is 8.87. The number of rotatable bonds is 3. The molecule has 20 heavy (non-hydrogen) atoms. The standard InChI is InChI=1S/C17H25N3/c1-13(2)14-4-3-10-20(11-8-14)16-5-6-17(19)15(12-16)7-9-18/h5-6,12-14H,3-4,7-8,10-11,19H2,1-2H3. The van der Waals surface area contributed by atoms with Crippen molar-refractivity contribution in [3.8, 4) is 6.07 Å². The third kappa shape index (κ3) is 3.45. The zero-order chi connectivity index (χ0) is 14.5. The Morgan fingerprint density at radius 1 is 1.35 bits per heavy atom. The Morgan fingerprint density at radius 3 is 2.85 bits per heavy atom. The van der Waals surface area contributed by atoms with E-state index in [2.05, 4.69) is 36.9 Å². The van der Waals surface area contributed by atoms with Gasteiger partial charge >= 0.3 is 0 Å². The molecule has 0 radical (unpaired) electrons. The monoisotopic (exact) mass is 271 g/mol. The third-order valence-corrected chi connectivity index (χ3v) is 4.48. The minimum absolute atomic E-state index is 0.391. The topological polar surface area (TPSA) is 53.0 Å². The van der Waals surface area contributed by atoms with Crippen molar-refractivity contribution in [1.82, 2.24) is 0 Å². The molecule has 2 rings (SSSR count). The van der Waals surface area contributed by atoms with E-state index in [1.807, 2.05) is 6.07 Å². The molecule has 1 aliphatic rings. The van der Waals surface area contributed by atoms with Crippen LogP contribution in [0.5, 0.6) is 0 Å². The van der Waals surface area contributed by atoms with E-state index in [1.165, 1.54) is 24.9 Å². The van der Waals surface area contributed by atoms with E-state index in [-0.39, 0.29) is 0 Å². The molecule has 0 saturated carbocycles. The van der Waals surface area contributed by atoms with Crippen LogP contribution >= 0.6 is 0 Å². The number of nitrogen functional groups attached to an aromatic ring is 1. The van der Waals surface area contributed by atoms with Crippen molar-refractivity contribution in [2.24, 2.45) is 11.8 Å². The Hall–Kier alpha value is -1.69. The van der Waals surface area contributed by atoms with Crippen LogP contribution in [0.4, 0.5) is 11.4 Å². The first-order valence-electron chi connectivity index (χ1n) is 7.62. The summed E-state index contributed by atoms with van der Waals surface area (Å²) in [5.74, 6) is 1.61. The highest BCUT2D eigenvalue weighted by atomic mass is 15.1. The first kappa shape index (κ1) is 14.7. The Balaban J connectivity index is 2.12. The number of hydrogen-bond donors (Lipinski definition) is 1. The predicted octanol–water partition coefficient (Wildman–Crippen LogP) is 3.60. The van der Waals surface area contributed by atoms with E-state index < -0.39 is 0 Å². The summed E-state index contributed by atoms with van der Waals surface area (Å²) < 4.78 is 0. The van der Waals surface area contributed by atoms with Gasteiger partial charge in [0, 0.05) is 24.5 Å². The molecule has 1 aromatic rings. The molecule has 1 aromatic carbocycles. The molecular formula is C17H25N3. The molecule has 3 heteroatoms. The van der Waals surface area contributed by atoms with Crippen LogP contribution in [0.15, 0.2) is 18.2 Å². The molecule has 0 aromatic heterocycles. The number of nitriles is 1. The van der Waals surface area contributed by atoms with Crippen LogP contribution in [-0.2, 0) is 6.42 Å². The summed E-state index contributed by atoms with van der Waals surface area (Å²) >= 11 is 0. The van der Waals surface area contributed by atoms with Crippen molar-refractivity contribution >= 4 is 11.4 Å². The van der Waals surface area contributed by atoms with Gasteiger partial charge in [-0.1, -0.05) is 13.8 Å². The Bertz CT molecular complexity index is 487. The summed E-state index contributed by atoms with van der Waals surface area (Å²) in [7, 11) is 0. The second-order valence-corrected chi connectivity index (χ2v) is 6.14. The number of hydrogen-bond acceptors (Lipinski definition) is 3.